The van der Waals surface area contributed by atoms with E-state index < -0.39 is 10.0 Å². The molecule has 2 aromatic carbocycles. The molecule has 1 aliphatic heterocycles. The smallest absolute Gasteiger partial charge is 0.258 e. The number of aryl methyl sites for hydroxylation is 2. The first-order valence-corrected chi connectivity index (χ1v) is 11.2. The van der Waals surface area contributed by atoms with Gasteiger partial charge in [0.2, 0.25) is 10.0 Å². The summed E-state index contributed by atoms with van der Waals surface area (Å²) in [5.41, 5.74) is 3.48. The molecule has 150 valence electrons. The molecule has 3 rings (SSSR count). The Morgan fingerprint density at radius 2 is 1.61 bits per heavy atom. The van der Waals surface area contributed by atoms with Gasteiger partial charge in [-0.2, -0.15) is 4.31 Å². The van der Waals surface area contributed by atoms with Crippen molar-refractivity contribution in [1.82, 2.24) is 4.31 Å². The van der Waals surface area contributed by atoms with Crippen molar-refractivity contribution in [3.8, 4) is 0 Å². The van der Waals surface area contributed by atoms with Crippen LogP contribution in [0, 0.1) is 13.8 Å². The molecule has 6 heteroatoms. The highest BCUT2D eigenvalue weighted by atomic mass is 32.2. The molecular weight excluding hydrogens is 372 g/mol. The summed E-state index contributed by atoms with van der Waals surface area (Å²) < 4.78 is 26.9. The average molecular weight is 401 g/mol. The van der Waals surface area contributed by atoms with E-state index in [0.29, 0.717) is 18.7 Å². The van der Waals surface area contributed by atoms with Crippen LogP contribution >= 0.6 is 0 Å². The second-order valence-electron chi connectivity index (χ2n) is 7.69. The number of rotatable bonds is 5. The number of benzene rings is 2. The summed E-state index contributed by atoms with van der Waals surface area (Å²) in [6, 6.07) is 12.3. The predicted molar refractivity (Wildman–Crippen MR) is 112 cm³/mol. The normalized spacial score (nSPS) is 15.2. The minimum absolute atomic E-state index is 0.0268. The van der Waals surface area contributed by atoms with Crippen molar-refractivity contribution in [1.29, 1.82) is 0 Å². The standard InChI is InChI=1S/C22H28N2O3S/c1-16(2)24(21-15-17(3)7-8-18(21)4)22(25)19-9-11-20(12-10-19)28(26,27)23-13-5-6-14-23/h7-12,15-16H,5-6,13-14H2,1-4H3. The SMILES string of the molecule is Cc1ccc(C)c(N(C(=O)c2ccc(S(=O)(=O)N3CCCC3)cc2)C(C)C)c1. The molecule has 0 radical (unpaired) electrons. The van der Waals surface area contributed by atoms with E-state index >= 15 is 0 Å². The second-order valence-corrected chi connectivity index (χ2v) is 9.63. The predicted octanol–water partition coefficient (Wildman–Crippen LogP) is 4.14. The minimum atomic E-state index is -3.47. The van der Waals surface area contributed by atoms with E-state index in [4.69, 9.17) is 0 Å². The maximum Gasteiger partial charge on any atom is 0.258 e. The van der Waals surface area contributed by atoms with Crippen molar-refractivity contribution >= 4 is 21.6 Å². The topological polar surface area (TPSA) is 57.7 Å². The van der Waals surface area contributed by atoms with E-state index in [-0.39, 0.29) is 16.8 Å². The van der Waals surface area contributed by atoms with E-state index in [9.17, 15) is 13.2 Å². The highest BCUT2D eigenvalue weighted by Crippen LogP contribution is 2.27. The third kappa shape index (κ3) is 3.98. The number of nitrogens with zero attached hydrogens (tertiary/aromatic N) is 2. The van der Waals surface area contributed by atoms with E-state index in [1.165, 1.54) is 4.31 Å². The Hall–Kier alpha value is -2.18. The van der Waals surface area contributed by atoms with Crippen LogP contribution in [0.25, 0.3) is 0 Å². The Balaban J connectivity index is 1.91. The number of hydrogen-bond acceptors (Lipinski definition) is 3. The molecule has 1 fully saturated rings. The lowest BCUT2D eigenvalue weighted by atomic mass is 10.1. The van der Waals surface area contributed by atoms with Crippen molar-refractivity contribution in [2.24, 2.45) is 0 Å². The van der Waals surface area contributed by atoms with E-state index in [1.54, 1.807) is 29.2 Å². The monoisotopic (exact) mass is 400 g/mol. The summed E-state index contributed by atoms with van der Waals surface area (Å²) in [6.45, 7) is 9.08. The quantitative estimate of drug-likeness (QED) is 0.758. The first-order valence-electron chi connectivity index (χ1n) is 9.73. The van der Waals surface area contributed by atoms with Crippen LogP contribution in [0.15, 0.2) is 47.4 Å². The lowest BCUT2D eigenvalue weighted by Gasteiger charge is -2.29. The number of anilines is 1. The van der Waals surface area contributed by atoms with Crippen LogP contribution in [0.4, 0.5) is 5.69 Å². The van der Waals surface area contributed by atoms with E-state index in [0.717, 1.165) is 29.7 Å². The highest BCUT2D eigenvalue weighted by Gasteiger charge is 2.28. The van der Waals surface area contributed by atoms with Gasteiger partial charge in [0, 0.05) is 30.4 Å². The van der Waals surface area contributed by atoms with Gasteiger partial charge in [0.15, 0.2) is 0 Å². The largest absolute Gasteiger partial charge is 0.306 e. The zero-order valence-electron chi connectivity index (χ0n) is 17.0. The number of hydrogen-bond donors (Lipinski definition) is 0. The molecule has 0 aromatic heterocycles. The van der Waals surface area contributed by atoms with Crippen molar-refractivity contribution in [2.75, 3.05) is 18.0 Å². The molecule has 1 amide bonds. The number of carbonyl (C=O) groups excluding carboxylic acids is 1. The van der Waals surface area contributed by atoms with Crippen molar-refractivity contribution in [3.63, 3.8) is 0 Å². The van der Waals surface area contributed by atoms with Crippen molar-refractivity contribution in [2.45, 2.75) is 51.5 Å². The Labute approximate surface area is 168 Å². The number of amides is 1. The van der Waals surface area contributed by atoms with Gasteiger partial charge < -0.3 is 4.90 Å². The zero-order valence-corrected chi connectivity index (χ0v) is 17.8. The molecule has 0 saturated carbocycles. The van der Waals surface area contributed by atoms with Gasteiger partial charge >= 0.3 is 0 Å². The van der Waals surface area contributed by atoms with Gasteiger partial charge in [-0.1, -0.05) is 12.1 Å². The van der Waals surface area contributed by atoms with Gasteiger partial charge in [0.25, 0.3) is 5.91 Å². The fourth-order valence-electron chi connectivity index (χ4n) is 3.59. The molecule has 0 atom stereocenters. The molecule has 28 heavy (non-hydrogen) atoms. The summed E-state index contributed by atoms with van der Waals surface area (Å²) in [4.78, 5) is 15.2. The molecule has 1 saturated heterocycles. The highest BCUT2D eigenvalue weighted by molar-refractivity contribution is 7.89. The molecule has 1 aliphatic rings. The second kappa shape index (κ2) is 8.05. The molecule has 5 nitrogen and oxygen atoms in total. The Morgan fingerprint density at radius 1 is 1.00 bits per heavy atom. The molecule has 0 unspecified atom stereocenters. The molecule has 1 heterocycles. The molecule has 0 bridgehead atoms. The average Bonchev–Trinajstić information content (AvgIpc) is 3.20. The summed E-state index contributed by atoms with van der Waals surface area (Å²) in [5, 5.41) is 0. The number of carbonyl (C=O) groups is 1. The van der Waals surface area contributed by atoms with Gasteiger partial charge in [-0.25, -0.2) is 8.42 Å². The maximum atomic E-state index is 13.2. The lowest BCUT2D eigenvalue weighted by Crippen LogP contribution is -2.37. The fraction of sp³-hybridized carbons (Fsp3) is 0.409. The maximum absolute atomic E-state index is 13.2. The first-order chi connectivity index (χ1) is 13.2. The lowest BCUT2D eigenvalue weighted by molar-refractivity contribution is 0.0980. The van der Waals surface area contributed by atoms with Crippen LogP contribution in [0.1, 0.15) is 48.2 Å². The molecule has 0 spiro atoms. The van der Waals surface area contributed by atoms with Gasteiger partial charge in [-0.15, -0.1) is 0 Å². The summed E-state index contributed by atoms with van der Waals surface area (Å²) >= 11 is 0. The van der Waals surface area contributed by atoms with E-state index in [2.05, 4.69) is 0 Å². The van der Waals surface area contributed by atoms with Crippen LogP contribution in [-0.2, 0) is 10.0 Å². The minimum Gasteiger partial charge on any atom is -0.306 e. The zero-order chi connectivity index (χ0) is 20.5. The van der Waals surface area contributed by atoms with Crippen LogP contribution in [-0.4, -0.2) is 37.8 Å². The van der Waals surface area contributed by atoms with Crippen LogP contribution in [0.5, 0.6) is 0 Å². The Morgan fingerprint density at radius 3 is 2.18 bits per heavy atom. The van der Waals surface area contributed by atoms with Gasteiger partial charge in [0.1, 0.15) is 0 Å². The third-order valence-corrected chi connectivity index (χ3v) is 7.08. The van der Waals surface area contributed by atoms with Gasteiger partial charge in [-0.3, -0.25) is 4.79 Å². The Bertz CT molecular complexity index is 960. The van der Waals surface area contributed by atoms with Crippen LogP contribution in [0.2, 0.25) is 0 Å². The van der Waals surface area contributed by atoms with Gasteiger partial charge in [-0.05, 0) is 82.0 Å². The van der Waals surface area contributed by atoms with Crippen molar-refractivity contribution in [3.05, 3.63) is 59.2 Å². The molecule has 2 aromatic rings. The van der Waals surface area contributed by atoms with Crippen molar-refractivity contribution < 1.29 is 13.2 Å². The molecular formula is C22H28N2O3S. The van der Waals surface area contributed by atoms with E-state index in [1.807, 2.05) is 45.9 Å². The fourth-order valence-corrected chi connectivity index (χ4v) is 5.10. The summed E-state index contributed by atoms with van der Waals surface area (Å²) in [6.07, 6.45) is 1.80. The Kier molecular flexibility index (Phi) is 5.91. The first kappa shape index (κ1) is 20.6. The third-order valence-electron chi connectivity index (χ3n) is 5.16. The van der Waals surface area contributed by atoms with Gasteiger partial charge in [0.05, 0.1) is 4.90 Å². The number of sulfonamides is 1. The van der Waals surface area contributed by atoms with Crippen LogP contribution < -0.4 is 4.90 Å². The molecule has 0 aliphatic carbocycles. The summed E-state index contributed by atoms with van der Waals surface area (Å²) in [7, 11) is -3.47. The molecule has 0 N–H and O–H groups in total. The summed E-state index contributed by atoms with van der Waals surface area (Å²) in [5.74, 6) is -0.131. The van der Waals surface area contributed by atoms with Crippen LogP contribution in [0.3, 0.4) is 0 Å².